The summed E-state index contributed by atoms with van der Waals surface area (Å²) in [6.07, 6.45) is 0. The summed E-state index contributed by atoms with van der Waals surface area (Å²) in [4.78, 5) is 15.0. The Morgan fingerprint density at radius 3 is 2.53 bits per heavy atom. The van der Waals surface area contributed by atoms with Crippen molar-refractivity contribution in [3.8, 4) is 0 Å². The van der Waals surface area contributed by atoms with Crippen molar-refractivity contribution < 1.29 is 0 Å². The van der Waals surface area contributed by atoms with Crippen LogP contribution < -0.4 is 5.43 Å². The predicted octanol–water partition coefficient (Wildman–Crippen LogP) is 3.45. The highest BCUT2D eigenvalue weighted by Crippen LogP contribution is 2.25. The highest BCUT2D eigenvalue weighted by atomic mass is 35.5. The van der Waals surface area contributed by atoms with E-state index in [1.165, 1.54) is 0 Å². The van der Waals surface area contributed by atoms with Crippen LogP contribution in [0.1, 0.15) is 11.3 Å². The molecule has 0 radical (unpaired) electrons. The predicted molar refractivity (Wildman–Crippen MR) is 64.1 cm³/mol. The minimum absolute atomic E-state index is 0.0390. The number of aromatic nitrogens is 1. The van der Waals surface area contributed by atoms with Crippen molar-refractivity contribution in [2.24, 2.45) is 0 Å². The van der Waals surface area contributed by atoms with Gasteiger partial charge in [0, 0.05) is 16.3 Å². The molecule has 0 spiro atoms. The fraction of sp³-hybridized carbons (Fsp3) is 0.182. The molecule has 0 amide bonds. The van der Waals surface area contributed by atoms with E-state index in [0.717, 1.165) is 5.69 Å². The Bertz CT molecular complexity index is 602. The molecule has 0 saturated carbocycles. The average Bonchev–Trinajstić information content (AvgIpc) is 2.13. The molecule has 0 aliphatic heterocycles. The Balaban J connectivity index is 3.06. The molecule has 2 nitrogen and oxygen atoms in total. The summed E-state index contributed by atoms with van der Waals surface area (Å²) in [6, 6.07) is 3.28. The van der Waals surface area contributed by atoms with Crippen LogP contribution in [0, 0.1) is 13.8 Å². The van der Waals surface area contributed by atoms with E-state index in [0.29, 0.717) is 26.5 Å². The summed E-state index contributed by atoms with van der Waals surface area (Å²) in [5, 5.41) is 1.41. The van der Waals surface area contributed by atoms with Crippen LogP contribution in [0.25, 0.3) is 10.9 Å². The lowest BCUT2D eigenvalue weighted by Gasteiger charge is -2.05. The van der Waals surface area contributed by atoms with E-state index in [9.17, 15) is 4.79 Å². The van der Waals surface area contributed by atoms with Crippen LogP contribution in [0.3, 0.4) is 0 Å². The van der Waals surface area contributed by atoms with Gasteiger partial charge in [-0.25, -0.2) is 0 Å². The molecule has 0 atom stereocenters. The summed E-state index contributed by atoms with van der Waals surface area (Å²) in [5.74, 6) is 0. The van der Waals surface area contributed by atoms with Crippen LogP contribution in [-0.2, 0) is 0 Å². The van der Waals surface area contributed by atoms with Gasteiger partial charge in [0.05, 0.1) is 15.9 Å². The minimum atomic E-state index is -0.0390. The number of hydrogen-bond acceptors (Lipinski definition) is 1. The number of nitrogens with one attached hydrogen (secondary N) is 1. The molecule has 0 aliphatic carbocycles. The summed E-state index contributed by atoms with van der Waals surface area (Å²) in [6.45, 7) is 3.63. The number of fused-ring (bicyclic) bond motifs is 1. The van der Waals surface area contributed by atoms with Gasteiger partial charge in [0.15, 0.2) is 5.43 Å². The summed E-state index contributed by atoms with van der Waals surface area (Å²) >= 11 is 11.8. The van der Waals surface area contributed by atoms with Gasteiger partial charge in [-0.2, -0.15) is 0 Å². The van der Waals surface area contributed by atoms with E-state index in [1.54, 1.807) is 19.1 Å². The summed E-state index contributed by atoms with van der Waals surface area (Å²) < 4.78 is 0. The van der Waals surface area contributed by atoms with Gasteiger partial charge in [-0.05, 0) is 26.0 Å². The summed E-state index contributed by atoms with van der Waals surface area (Å²) in [7, 11) is 0. The third-order valence-electron chi connectivity index (χ3n) is 2.51. The van der Waals surface area contributed by atoms with Crippen molar-refractivity contribution in [1.82, 2.24) is 4.98 Å². The lowest BCUT2D eigenvalue weighted by atomic mass is 10.1. The van der Waals surface area contributed by atoms with Gasteiger partial charge < -0.3 is 4.98 Å². The van der Waals surface area contributed by atoms with E-state index in [2.05, 4.69) is 4.98 Å². The summed E-state index contributed by atoms with van der Waals surface area (Å²) in [5.41, 5.74) is 2.17. The molecule has 2 rings (SSSR count). The SMILES string of the molecule is Cc1[nH]c2cc(Cl)cc(Cl)c2c(=O)c1C. The van der Waals surface area contributed by atoms with Gasteiger partial charge in [-0.1, -0.05) is 23.2 Å². The van der Waals surface area contributed by atoms with E-state index < -0.39 is 0 Å². The molecule has 2 aromatic rings. The van der Waals surface area contributed by atoms with Crippen LogP contribution in [0.15, 0.2) is 16.9 Å². The molecule has 15 heavy (non-hydrogen) atoms. The smallest absolute Gasteiger partial charge is 0.194 e. The second-order valence-corrected chi connectivity index (χ2v) is 4.36. The van der Waals surface area contributed by atoms with Crippen molar-refractivity contribution in [1.29, 1.82) is 0 Å². The standard InChI is InChI=1S/C11H9Cl2NO/c1-5-6(2)14-9-4-7(12)3-8(13)10(9)11(5)15/h3-4H,1-2H3,(H,14,15). The fourth-order valence-electron chi connectivity index (χ4n) is 1.56. The number of benzene rings is 1. The highest BCUT2D eigenvalue weighted by Gasteiger charge is 2.09. The van der Waals surface area contributed by atoms with Gasteiger partial charge in [0.1, 0.15) is 0 Å². The second kappa shape index (κ2) is 3.54. The lowest BCUT2D eigenvalue weighted by Crippen LogP contribution is -2.09. The first kappa shape index (κ1) is 10.5. The number of aryl methyl sites for hydroxylation is 1. The molecular formula is C11H9Cl2NO. The van der Waals surface area contributed by atoms with Crippen LogP contribution >= 0.6 is 23.2 Å². The maximum atomic E-state index is 11.9. The first-order valence-corrected chi connectivity index (χ1v) is 5.24. The second-order valence-electron chi connectivity index (χ2n) is 3.51. The maximum Gasteiger partial charge on any atom is 0.194 e. The van der Waals surface area contributed by atoms with Crippen molar-refractivity contribution >= 4 is 34.1 Å². The van der Waals surface area contributed by atoms with Crippen molar-refractivity contribution in [2.75, 3.05) is 0 Å². The molecule has 4 heteroatoms. The average molecular weight is 242 g/mol. The quantitative estimate of drug-likeness (QED) is 0.753. The van der Waals surface area contributed by atoms with Gasteiger partial charge in [-0.15, -0.1) is 0 Å². The molecule has 0 fully saturated rings. The van der Waals surface area contributed by atoms with E-state index in [4.69, 9.17) is 23.2 Å². The van der Waals surface area contributed by atoms with Crippen molar-refractivity contribution in [3.63, 3.8) is 0 Å². The van der Waals surface area contributed by atoms with Crippen LogP contribution in [0.2, 0.25) is 10.0 Å². The Morgan fingerprint density at radius 1 is 1.20 bits per heavy atom. The zero-order valence-corrected chi connectivity index (χ0v) is 9.83. The third kappa shape index (κ3) is 1.64. The van der Waals surface area contributed by atoms with Crippen LogP contribution in [0.5, 0.6) is 0 Å². The van der Waals surface area contributed by atoms with E-state index >= 15 is 0 Å². The van der Waals surface area contributed by atoms with Gasteiger partial charge >= 0.3 is 0 Å². The number of halogens is 2. The highest BCUT2D eigenvalue weighted by molar-refractivity contribution is 6.38. The maximum absolute atomic E-state index is 11.9. The lowest BCUT2D eigenvalue weighted by molar-refractivity contribution is 1.18. The molecule has 0 saturated heterocycles. The first-order valence-electron chi connectivity index (χ1n) is 4.49. The van der Waals surface area contributed by atoms with Gasteiger partial charge in [0.2, 0.25) is 0 Å². The number of rotatable bonds is 0. The zero-order chi connectivity index (χ0) is 11.2. The Hall–Kier alpha value is -0.990. The third-order valence-corrected chi connectivity index (χ3v) is 3.02. The van der Waals surface area contributed by atoms with Crippen LogP contribution in [0.4, 0.5) is 0 Å². The van der Waals surface area contributed by atoms with Crippen molar-refractivity contribution in [2.45, 2.75) is 13.8 Å². The monoisotopic (exact) mass is 241 g/mol. The molecule has 1 N–H and O–H groups in total. The molecule has 0 aliphatic rings. The normalized spacial score (nSPS) is 10.9. The van der Waals surface area contributed by atoms with E-state index in [-0.39, 0.29) is 5.43 Å². The van der Waals surface area contributed by atoms with Gasteiger partial charge in [-0.3, -0.25) is 4.79 Å². The Labute approximate surface area is 96.8 Å². The molecule has 1 aromatic carbocycles. The molecule has 1 heterocycles. The molecule has 0 unspecified atom stereocenters. The first-order chi connectivity index (χ1) is 7.00. The van der Waals surface area contributed by atoms with E-state index in [1.807, 2.05) is 6.92 Å². The number of aromatic amines is 1. The number of H-pyrrole nitrogens is 1. The van der Waals surface area contributed by atoms with Gasteiger partial charge in [0.25, 0.3) is 0 Å². The number of pyridine rings is 1. The molecule has 0 bridgehead atoms. The fourth-order valence-corrected chi connectivity index (χ4v) is 2.14. The molecular weight excluding hydrogens is 233 g/mol. The number of hydrogen-bond donors (Lipinski definition) is 1. The Morgan fingerprint density at radius 2 is 1.87 bits per heavy atom. The Kier molecular flexibility index (Phi) is 2.49. The molecule has 1 aromatic heterocycles. The zero-order valence-electron chi connectivity index (χ0n) is 8.32. The largest absolute Gasteiger partial charge is 0.358 e. The minimum Gasteiger partial charge on any atom is -0.358 e. The van der Waals surface area contributed by atoms with Crippen LogP contribution in [-0.4, -0.2) is 4.98 Å². The van der Waals surface area contributed by atoms with Crippen molar-refractivity contribution in [3.05, 3.63) is 43.7 Å². The molecule has 78 valence electrons. The topological polar surface area (TPSA) is 32.9 Å².